The summed E-state index contributed by atoms with van der Waals surface area (Å²) in [5.74, 6) is 0. The zero-order valence-corrected chi connectivity index (χ0v) is 15.5. The maximum absolute atomic E-state index is 2.49. The third kappa shape index (κ3) is 5.93. The number of quaternary nitrogens is 1. The molecular weight excluding hydrogens is 254 g/mol. The molecule has 1 fully saturated rings. The average molecular weight is 297 g/mol. The molecule has 0 N–H and O–H groups in total. The highest BCUT2D eigenvalue weighted by Gasteiger charge is 2.42. The molecule has 0 bridgehead atoms. The topological polar surface area (TPSA) is 0 Å². The van der Waals surface area contributed by atoms with Crippen molar-refractivity contribution in [1.29, 1.82) is 0 Å². The van der Waals surface area contributed by atoms with Crippen LogP contribution in [0, 0.1) is 0 Å². The Balaban J connectivity index is 2.03. The molecule has 1 rings (SSSR count). The Kier molecular flexibility index (Phi) is 9.64. The first-order valence-electron chi connectivity index (χ1n) is 10.0. The van der Waals surface area contributed by atoms with Gasteiger partial charge in [0.2, 0.25) is 0 Å². The van der Waals surface area contributed by atoms with Crippen molar-refractivity contribution in [3.63, 3.8) is 0 Å². The smallest absolute Gasteiger partial charge is 0.0866 e. The second-order valence-corrected chi connectivity index (χ2v) is 7.60. The van der Waals surface area contributed by atoms with E-state index < -0.39 is 0 Å². The van der Waals surface area contributed by atoms with Crippen molar-refractivity contribution in [2.75, 3.05) is 13.1 Å². The minimum atomic E-state index is 0.906. The van der Waals surface area contributed by atoms with Gasteiger partial charge in [0.05, 0.1) is 25.2 Å². The quantitative estimate of drug-likeness (QED) is 0.292. The molecular formula is C20H42N+. The first kappa shape index (κ1) is 19.0. The largest absolute Gasteiger partial charge is 0.319 e. The summed E-state index contributed by atoms with van der Waals surface area (Å²) >= 11 is 0. The Morgan fingerprint density at radius 1 is 0.667 bits per heavy atom. The molecule has 0 amide bonds. The van der Waals surface area contributed by atoms with Crippen LogP contribution in [0.3, 0.4) is 0 Å². The summed E-state index contributed by atoms with van der Waals surface area (Å²) in [7, 11) is 0. The maximum atomic E-state index is 2.49. The second-order valence-electron chi connectivity index (χ2n) is 7.60. The molecule has 1 nitrogen and oxygen atoms in total. The van der Waals surface area contributed by atoms with Gasteiger partial charge in [0.15, 0.2) is 0 Å². The van der Waals surface area contributed by atoms with E-state index in [0.717, 1.165) is 12.1 Å². The molecule has 126 valence electrons. The Labute approximate surface area is 135 Å². The maximum Gasteiger partial charge on any atom is 0.0866 e. The molecule has 0 spiro atoms. The molecule has 2 unspecified atom stereocenters. The van der Waals surface area contributed by atoms with E-state index in [1.54, 1.807) is 0 Å². The Morgan fingerprint density at radius 3 is 1.52 bits per heavy atom. The third-order valence-electron chi connectivity index (χ3n) is 6.27. The van der Waals surface area contributed by atoms with Crippen molar-refractivity contribution >= 4 is 0 Å². The van der Waals surface area contributed by atoms with Gasteiger partial charge in [0.25, 0.3) is 0 Å². The van der Waals surface area contributed by atoms with Crippen molar-refractivity contribution in [3.05, 3.63) is 0 Å². The van der Waals surface area contributed by atoms with E-state index in [-0.39, 0.29) is 0 Å². The fourth-order valence-corrected chi connectivity index (χ4v) is 4.55. The molecule has 1 heterocycles. The van der Waals surface area contributed by atoms with E-state index in [4.69, 9.17) is 0 Å². The SMILES string of the molecule is CCCCCCCCCCCC[N+]1(CC)C(C)CCC1C. The van der Waals surface area contributed by atoms with Crippen molar-refractivity contribution in [3.8, 4) is 0 Å². The summed E-state index contributed by atoms with van der Waals surface area (Å²) in [5, 5.41) is 0. The molecule has 1 saturated heterocycles. The average Bonchev–Trinajstić information content (AvgIpc) is 2.77. The minimum absolute atomic E-state index is 0.906. The van der Waals surface area contributed by atoms with E-state index in [1.165, 1.54) is 94.6 Å². The normalized spacial score (nSPS) is 29.1. The second kappa shape index (κ2) is 10.6. The van der Waals surface area contributed by atoms with Crippen LogP contribution in [0.15, 0.2) is 0 Å². The van der Waals surface area contributed by atoms with E-state index in [0.29, 0.717) is 0 Å². The van der Waals surface area contributed by atoms with Crippen LogP contribution in [0.2, 0.25) is 0 Å². The molecule has 0 aromatic heterocycles. The lowest BCUT2D eigenvalue weighted by Gasteiger charge is -2.42. The Bertz CT molecular complexity index is 238. The van der Waals surface area contributed by atoms with Crippen molar-refractivity contribution in [2.24, 2.45) is 0 Å². The number of rotatable bonds is 12. The highest BCUT2D eigenvalue weighted by atomic mass is 15.4. The fraction of sp³-hybridized carbons (Fsp3) is 1.00. The van der Waals surface area contributed by atoms with Gasteiger partial charge in [-0.2, -0.15) is 0 Å². The van der Waals surface area contributed by atoms with Gasteiger partial charge in [-0.1, -0.05) is 58.3 Å². The van der Waals surface area contributed by atoms with Gasteiger partial charge < -0.3 is 4.48 Å². The lowest BCUT2D eigenvalue weighted by atomic mass is 10.1. The highest BCUT2D eigenvalue weighted by molar-refractivity contribution is 4.70. The van der Waals surface area contributed by atoms with Gasteiger partial charge in [0, 0.05) is 12.8 Å². The predicted molar refractivity (Wildman–Crippen MR) is 95.7 cm³/mol. The van der Waals surface area contributed by atoms with Crippen LogP contribution in [0.25, 0.3) is 0 Å². The van der Waals surface area contributed by atoms with Crippen LogP contribution < -0.4 is 0 Å². The molecule has 1 aliphatic rings. The lowest BCUT2D eigenvalue weighted by molar-refractivity contribution is -0.956. The van der Waals surface area contributed by atoms with Gasteiger partial charge in [-0.3, -0.25) is 0 Å². The first-order chi connectivity index (χ1) is 10.2. The monoisotopic (exact) mass is 296 g/mol. The zero-order valence-electron chi connectivity index (χ0n) is 15.5. The minimum Gasteiger partial charge on any atom is -0.319 e. The highest BCUT2D eigenvalue weighted by Crippen LogP contribution is 2.33. The zero-order chi connectivity index (χ0) is 15.6. The van der Waals surface area contributed by atoms with E-state index in [2.05, 4.69) is 27.7 Å². The van der Waals surface area contributed by atoms with E-state index in [1.807, 2.05) is 0 Å². The van der Waals surface area contributed by atoms with Crippen LogP contribution in [0.5, 0.6) is 0 Å². The fourth-order valence-electron chi connectivity index (χ4n) is 4.55. The number of hydrogen-bond donors (Lipinski definition) is 0. The summed E-state index contributed by atoms with van der Waals surface area (Å²) < 4.78 is 1.41. The lowest BCUT2D eigenvalue weighted by Crippen LogP contribution is -2.55. The molecule has 1 heteroatoms. The molecule has 0 aromatic rings. The van der Waals surface area contributed by atoms with Gasteiger partial charge >= 0.3 is 0 Å². The number of nitrogens with zero attached hydrogens (tertiary/aromatic N) is 1. The number of hydrogen-bond acceptors (Lipinski definition) is 0. The molecule has 0 radical (unpaired) electrons. The summed E-state index contributed by atoms with van der Waals surface area (Å²) in [4.78, 5) is 0. The van der Waals surface area contributed by atoms with Crippen LogP contribution in [-0.4, -0.2) is 29.7 Å². The van der Waals surface area contributed by atoms with Gasteiger partial charge in [-0.05, 0) is 33.6 Å². The van der Waals surface area contributed by atoms with Crippen LogP contribution >= 0.6 is 0 Å². The standard InChI is InChI=1S/C20H42N/c1-5-7-8-9-10-11-12-13-14-15-18-21(6-2)19(3)16-17-20(21)4/h19-20H,5-18H2,1-4H3/q+1. The summed E-state index contributed by atoms with van der Waals surface area (Å²) in [6.07, 6.45) is 17.5. The number of unbranched alkanes of at least 4 members (excludes halogenated alkanes) is 9. The predicted octanol–water partition coefficient (Wildman–Crippen LogP) is 6.31. The summed E-state index contributed by atoms with van der Waals surface area (Å²) in [6, 6.07) is 1.81. The molecule has 21 heavy (non-hydrogen) atoms. The van der Waals surface area contributed by atoms with Crippen molar-refractivity contribution in [2.45, 2.75) is 117 Å². The number of likely N-dealkylation sites (tertiary alicyclic amines) is 1. The molecule has 1 aliphatic heterocycles. The van der Waals surface area contributed by atoms with Gasteiger partial charge in [0.1, 0.15) is 0 Å². The molecule has 2 atom stereocenters. The molecule has 0 aromatic carbocycles. The van der Waals surface area contributed by atoms with Gasteiger partial charge in [-0.25, -0.2) is 0 Å². The van der Waals surface area contributed by atoms with Crippen molar-refractivity contribution in [1.82, 2.24) is 0 Å². The van der Waals surface area contributed by atoms with Gasteiger partial charge in [-0.15, -0.1) is 0 Å². The summed E-state index contributed by atoms with van der Waals surface area (Å²) in [6.45, 7) is 12.5. The molecule has 0 aliphatic carbocycles. The van der Waals surface area contributed by atoms with Crippen LogP contribution in [-0.2, 0) is 0 Å². The molecule has 0 saturated carbocycles. The van der Waals surface area contributed by atoms with Crippen molar-refractivity contribution < 1.29 is 4.48 Å². The van der Waals surface area contributed by atoms with E-state index in [9.17, 15) is 0 Å². The van der Waals surface area contributed by atoms with Crippen LogP contribution in [0.4, 0.5) is 0 Å². The summed E-state index contributed by atoms with van der Waals surface area (Å²) in [5.41, 5.74) is 0. The third-order valence-corrected chi connectivity index (χ3v) is 6.27. The Morgan fingerprint density at radius 2 is 1.10 bits per heavy atom. The Hall–Kier alpha value is -0.0400. The van der Waals surface area contributed by atoms with E-state index >= 15 is 0 Å². The first-order valence-corrected chi connectivity index (χ1v) is 10.0. The van der Waals surface area contributed by atoms with Crippen LogP contribution in [0.1, 0.15) is 105 Å².